The maximum absolute atomic E-state index is 11.8. The maximum Gasteiger partial charge on any atom is 0.258 e. The molecule has 0 aliphatic carbocycles. The summed E-state index contributed by atoms with van der Waals surface area (Å²) in [5.41, 5.74) is 2.27. The molecule has 116 valence electrons. The lowest BCUT2D eigenvalue weighted by molar-refractivity contribution is -0.123. The molecule has 0 saturated carbocycles. The topological polar surface area (TPSA) is 47.6 Å². The van der Waals surface area contributed by atoms with Gasteiger partial charge in [-0.2, -0.15) is 0 Å². The van der Waals surface area contributed by atoms with Crippen LogP contribution >= 0.6 is 0 Å². The summed E-state index contributed by atoms with van der Waals surface area (Å²) in [6.45, 7) is 7.69. The molecule has 4 nitrogen and oxygen atoms in total. The van der Waals surface area contributed by atoms with Crippen LogP contribution in [0.5, 0.6) is 5.75 Å². The van der Waals surface area contributed by atoms with Gasteiger partial charge in [0.15, 0.2) is 6.61 Å². The molecule has 1 aromatic carbocycles. The molecule has 1 amide bonds. The van der Waals surface area contributed by atoms with Crippen molar-refractivity contribution in [3.05, 3.63) is 29.3 Å². The number of nitrogens with one attached hydrogen (secondary N) is 1. The van der Waals surface area contributed by atoms with Crippen LogP contribution in [0.3, 0.4) is 0 Å². The van der Waals surface area contributed by atoms with Gasteiger partial charge in [-0.1, -0.05) is 26.0 Å². The highest BCUT2D eigenvalue weighted by Crippen LogP contribution is 2.27. The lowest BCUT2D eigenvalue weighted by atomic mass is 10.0. The summed E-state index contributed by atoms with van der Waals surface area (Å²) < 4.78 is 11.2. The smallest absolute Gasteiger partial charge is 0.258 e. The molecule has 0 radical (unpaired) electrons. The van der Waals surface area contributed by atoms with E-state index >= 15 is 0 Å². The summed E-state index contributed by atoms with van der Waals surface area (Å²) in [6.07, 6.45) is 2.27. The van der Waals surface area contributed by atoms with Crippen LogP contribution in [0.1, 0.15) is 43.7 Å². The fourth-order valence-corrected chi connectivity index (χ4v) is 2.47. The highest BCUT2D eigenvalue weighted by Gasteiger charge is 2.16. The second kappa shape index (κ2) is 7.46. The lowest BCUT2D eigenvalue weighted by Crippen LogP contribution is -2.35. The summed E-state index contributed by atoms with van der Waals surface area (Å²) >= 11 is 0. The lowest BCUT2D eigenvalue weighted by Gasteiger charge is -2.15. The number of benzene rings is 1. The third-order valence-corrected chi connectivity index (χ3v) is 3.70. The second-order valence-electron chi connectivity index (χ2n) is 5.92. The molecule has 1 atom stereocenters. The average Bonchev–Trinajstić information content (AvgIpc) is 2.96. The van der Waals surface area contributed by atoms with Crippen molar-refractivity contribution in [3.63, 3.8) is 0 Å². The van der Waals surface area contributed by atoms with E-state index in [-0.39, 0.29) is 18.6 Å². The Morgan fingerprint density at radius 2 is 2.29 bits per heavy atom. The molecule has 1 aliphatic heterocycles. The number of hydrogen-bond donors (Lipinski definition) is 1. The minimum Gasteiger partial charge on any atom is -0.483 e. The highest BCUT2D eigenvalue weighted by atomic mass is 16.5. The Labute approximate surface area is 126 Å². The number of amides is 1. The van der Waals surface area contributed by atoms with Crippen LogP contribution < -0.4 is 10.1 Å². The zero-order valence-electron chi connectivity index (χ0n) is 13.1. The molecule has 0 bridgehead atoms. The third kappa shape index (κ3) is 4.74. The van der Waals surface area contributed by atoms with Crippen LogP contribution in [0, 0.1) is 6.92 Å². The van der Waals surface area contributed by atoms with E-state index in [0.717, 1.165) is 36.3 Å². The number of ether oxygens (including phenoxy) is 2. The Bertz CT molecular complexity index is 479. The van der Waals surface area contributed by atoms with Gasteiger partial charge in [0.05, 0.1) is 6.10 Å². The quantitative estimate of drug-likeness (QED) is 0.876. The normalized spacial score (nSPS) is 18.0. The molecular weight excluding hydrogens is 266 g/mol. The van der Waals surface area contributed by atoms with Gasteiger partial charge in [0.25, 0.3) is 5.91 Å². The van der Waals surface area contributed by atoms with Gasteiger partial charge < -0.3 is 14.8 Å². The molecule has 1 aliphatic rings. The van der Waals surface area contributed by atoms with Crippen molar-refractivity contribution in [1.29, 1.82) is 0 Å². The van der Waals surface area contributed by atoms with E-state index in [2.05, 4.69) is 31.3 Å². The first kappa shape index (κ1) is 15.8. The number of hydrogen-bond acceptors (Lipinski definition) is 3. The summed E-state index contributed by atoms with van der Waals surface area (Å²) in [6, 6.07) is 6.13. The fraction of sp³-hybridized carbons (Fsp3) is 0.588. The molecule has 1 aromatic rings. The Morgan fingerprint density at radius 3 is 2.95 bits per heavy atom. The minimum atomic E-state index is -0.0956. The van der Waals surface area contributed by atoms with Gasteiger partial charge in [0, 0.05) is 13.2 Å². The summed E-state index contributed by atoms with van der Waals surface area (Å²) in [5, 5.41) is 2.87. The Hall–Kier alpha value is -1.55. The largest absolute Gasteiger partial charge is 0.483 e. The van der Waals surface area contributed by atoms with E-state index in [0.29, 0.717) is 12.5 Å². The number of rotatable bonds is 6. The SMILES string of the molecule is Cc1ccc(C(C)C)c(OCC(=O)NC[C@H]2CCCO2)c1. The van der Waals surface area contributed by atoms with Gasteiger partial charge in [-0.3, -0.25) is 4.79 Å². The van der Waals surface area contributed by atoms with Gasteiger partial charge >= 0.3 is 0 Å². The molecule has 2 rings (SSSR count). The molecule has 21 heavy (non-hydrogen) atoms. The Kier molecular flexibility index (Phi) is 5.62. The van der Waals surface area contributed by atoms with E-state index in [4.69, 9.17) is 9.47 Å². The first-order chi connectivity index (χ1) is 10.1. The monoisotopic (exact) mass is 291 g/mol. The number of carbonyl (C=O) groups is 1. The first-order valence-corrected chi connectivity index (χ1v) is 7.68. The van der Waals surface area contributed by atoms with Crippen LogP contribution in [-0.2, 0) is 9.53 Å². The van der Waals surface area contributed by atoms with Crippen molar-refractivity contribution in [2.24, 2.45) is 0 Å². The predicted molar refractivity (Wildman–Crippen MR) is 82.7 cm³/mol. The van der Waals surface area contributed by atoms with Crippen molar-refractivity contribution in [2.75, 3.05) is 19.8 Å². The van der Waals surface area contributed by atoms with Crippen molar-refractivity contribution in [1.82, 2.24) is 5.32 Å². The summed E-state index contributed by atoms with van der Waals surface area (Å²) in [5.74, 6) is 1.08. The van der Waals surface area contributed by atoms with Crippen molar-refractivity contribution >= 4 is 5.91 Å². The van der Waals surface area contributed by atoms with Crippen molar-refractivity contribution in [2.45, 2.75) is 45.6 Å². The minimum absolute atomic E-state index is 0.0515. The van der Waals surface area contributed by atoms with Crippen molar-refractivity contribution in [3.8, 4) is 5.75 Å². The predicted octanol–water partition coefficient (Wildman–Crippen LogP) is 2.79. The van der Waals surface area contributed by atoms with E-state index in [9.17, 15) is 4.79 Å². The molecule has 4 heteroatoms. The van der Waals surface area contributed by atoms with Crippen LogP contribution in [-0.4, -0.2) is 31.8 Å². The molecule has 1 N–H and O–H groups in total. The zero-order chi connectivity index (χ0) is 15.2. The van der Waals surface area contributed by atoms with E-state index in [1.165, 1.54) is 0 Å². The number of aryl methyl sites for hydroxylation is 1. The molecule has 0 unspecified atom stereocenters. The molecule has 1 heterocycles. The molecule has 0 spiro atoms. The Morgan fingerprint density at radius 1 is 1.48 bits per heavy atom. The van der Waals surface area contributed by atoms with Crippen LogP contribution in [0.25, 0.3) is 0 Å². The molecule has 1 fully saturated rings. The fourth-order valence-electron chi connectivity index (χ4n) is 2.47. The van der Waals surface area contributed by atoms with Gasteiger partial charge in [0.1, 0.15) is 5.75 Å². The van der Waals surface area contributed by atoms with Gasteiger partial charge in [0.2, 0.25) is 0 Å². The Balaban J connectivity index is 1.84. The van der Waals surface area contributed by atoms with E-state index in [1.54, 1.807) is 0 Å². The maximum atomic E-state index is 11.8. The van der Waals surface area contributed by atoms with Crippen LogP contribution in [0.4, 0.5) is 0 Å². The van der Waals surface area contributed by atoms with Crippen LogP contribution in [0.2, 0.25) is 0 Å². The molecule has 0 aromatic heterocycles. The van der Waals surface area contributed by atoms with E-state index in [1.807, 2.05) is 13.0 Å². The van der Waals surface area contributed by atoms with Crippen molar-refractivity contribution < 1.29 is 14.3 Å². The molecule has 1 saturated heterocycles. The zero-order valence-corrected chi connectivity index (χ0v) is 13.1. The van der Waals surface area contributed by atoms with Gasteiger partial charge in [-0.05, 0) is 42.9 Å². The summed E-state index contributed by atoms with van der Waals surface area (Å²) in [4.78, 5) is 11.8. The first-order valence-electron chi connectivity index (χ1n) is 7.68. The second-order valence-corrected chi connectivity index (χ2v) is 5.92. The van der Waals surface area contributed by atoms with Gasteiger partial charge in [-0.15, -0.1) is 0 Å². The highest BCUT2D eigenvalue weighted by molar-refractivity contribution is 5.77. The van der Waals surface area contributed by atoms with Crippen LogP contribution in [0.15, 0.2) is 18.2 Å². The van der Waals surface area contributed by atoms with Gasteiger partial charge in [-0.25, -0.2) is 0 Å². The van der Waals surface area contributed by atoms with E-state index < -0.39 is 0 Å². The average molecular weight is 291 g/mol. The third-order valence-electron chi connectivity index (χ3n) is 3.70. The standard InChI is InChI=1S/C17H25NO3/c1-12(2)15-7-6-13(3)9-16(15)21-11-17(19)18-10-14-5-4-8-20-14/h6-7,9,12,14H,4-5,8,10-11H2,1-3H3,(H,18,19)/t14-/m1/s1. The number of carbonyl (C=O) groups excluding carboxylic acids is 1. The molecular formula is C17H25NO3. The summed E-state index contributed by atoms with van der Waals surface area (Å²) in [7, 11) is 0.